The second-order valence-corrected chi connectivity index (χ2v) is 5.17. The minimum atomic E-state index is 0.113. The molecule has 0 aliphatic carbocycles. The van der Waals surface area contributed by atoms with Crippen LogP contribution in [-0.2, 0) is 0 Å². The average Bonchev–Trinajstić information content (AvgIpc) is 2.88. The van der Waals surface area contributed by atoms with E-state index in [1.54, 1.807) is 6.92 Å². The van der Waals surface area contributed by atoms with Crippen molar-refractivity contribution in [1.29, 1.82) is 5.41 Å². The molecule has 0 spiro atoms. The number of nitrogens with one attached hydrogen (secondary N) is 1. The summed E-state index contributed by atoms with van der Waals surface area (Å²) in [5.74, 6) is 0.510. The highest BCUT2D eigenvalue weighted by Crippen LogP contribution is 2.24. The summed E-state index contributed by atoms with van der Waals surface area (Å²) in [6, 6.07) is 9.43. The first-order valence-electron chi connectivity index (χ1n) is 6.65. The number of hydrogen-bond donors (Lipinski definition) is 1. The third-order valence-electron chi connectivity index (χ3n) is 3.58. The first-order chi connectivity index (χ1) is 9.08. The van der Waals surface area contributed by atoms with Crippen LogP contribution in [0.3, 0.4) is 0 Å². The Morgan fingerprint density at radius 1 is 1.32 bits per heavy atom. The van der Waals surface area contributed by atoms with Crippen LogP contribution >= 0.6 is 0 Å². The fourth-order valence-corrected chi connectivity index (χ4v) is 2.54. The van der Waals surface area contributed by atoms with E-state index in [0.717, 1.165) is 25.1 Å². The van der Waals surface area contributed by atoms with Crippen LogP contribution in [-0.4, -0.2) is 29.6 Å². The Balaban J connectivity index is 2.03. The summed E-state index contributed by atoms with van der Waals surface area (Å²) in [6.07, 6.45) is 2.90. The van der Waals surface area contributed by atoms with Gasteiger partial charge in [0.15, 0.2) is 0 Å². The number of benzene rings is 1. The molecule has 1 aromatic rings. The van der Waals surface area contributed by atoms with Gasteiger partial charge in [-0.2, -0.15) is 0 Å². The summed E-state index contributed by atoms with van der Waals surface area (Å²) >= 11 is 0. The second-order valence-electron chi connectivity index (χ2n) is 5.17. The highest BCUT2D eigenvalue weighted by molar-refractivity contribution is 5.94. The SMILES string of the molecule is CC(=N)/C=C(\C)C1CCN(C(=O)c2ccccc2)C1. The molecule has 0 saturated carbocycles. The number of amides is 1. The maximum Gasteiger partial charge on any atom is 0.253 e. The molecule has 1 saturated heterocycles. The van der Waals surface area contributed by atoms with Gasteiger partial charge in [-0.15, -0.1) is 0 Å². The Morgan fingerprint density at radius 3 is 2.63 bits per heavy atom. The van der Waals surface area contributed by atoms with Crippen molar-refractivity contribution in [2.45, 2.75) is 20.3 Å². The van der Waals surface area contributed by atoms with Gasteiger partial charge in [0.25, 0.3) is 5.91 Å². The van der Waals surface area contributed by atoms with Crippen LogP contribution in [0.4, 0.5) is 0 Å². The minimum absolute atomic E-state index is 0.113. The van der Waals surface area contributed by atoms with Crippen LogP contribution in [0, 0.1) is 11.3 Å². The molecule has 1 heterocycles. The summed E-state index contributed by atoms with van der Waals surface area (Å²) in [5, 5.41) is 7.50. The molecule has 19 heavy (non-hydrogen) atoms. The maximum absolute atomic E-state index is 12.3. The molecule has 3 heteroatoms. The monoisotopic (exact) mass is 256 g/mol. The Labute approximate surface area is 114 Å². The molecule has 1 aliphatic heterocycles. The van der Waals surface area contributed by atoms with Crippen molar-refractivity contribution < 1.29 is 4.79 Å². The van der Waals surface area contributed by atoms with E-state index < -0.39 is 0 Å². The van der Waals surface area contributed by atoms with Crippen LogP contribution in [0.2, 0.25) is 0 Å². The van der Waals surface area contributed by atoms with Crippen molar-refractivity contribution in [3.05, 3.63) is 47.5 Å². The Kier molecular flexibility index (Phi) is 4.15. The summed E-state index contributed by atoms with van der Waals surface area (Å²) in [5.41, 5.74) is 2.54. The standard InChI is InChI=1S/C16H20N2O/c1-12(10-13(2)17)15-8-9-18(11-15)16(19)14-6-4-3-5-7-14/h3-7,10,15,17H,8-9,11H2,1-2H3/b12-10+,17-13?. The topological polar surface area (TPSA) is 44.2 Å². The Morgan fingerprint density at radius 2 is 2.00 bits per heavy atom. The molecule has 1 aliphatic rings. The van der Waals surface area contributed by atoms with E-state index in [2.05, 4.69) is 6.92 Å². The number of carbonyl (C=O) groups excluding carboxylic acids is 1. The molecule has 1 amide bonds. The minimum Gasteiger partial charge on any atom is -0.338 e. The predicted molar refractivity (Wildman–Crippen MR) is 77.6 cm³/mol. The van der Waals surface area contributed by atoms with Gasteiger partial charge in [-0.1, -0.05) is 23.8 Å². The van der Waals surface area contributed by atoms with E-state index in [-0.39, 0.29) is 5.91 Å². The van der Waals surface area contributed by atoms with Gasteiger partial charge in [0.1, 0.15) is 0 Å². The summed E-state index contributed by atoms with van der Waals surface area (Å²) in [4.78, 5) is 14.2. The van der Waals surface area contributed by atoms with E-state index in [0.29, 0.717) is 11.6 Å². The van der Waals surface area contributed by atoms with Crippen LogP contribution in [0.15, 0.2) is 42.0 Å². The number of nitrogens with zero attached hydrogens (tertiary/aromatic N) is 1. The van der Waals surface area contributed by atoms with Gasteiger partial charge >= 0.3 is 0 Å². The molecule has 0 radical (unpaired) electrons. The fraction of sp³-hybridized carbons (Fsp3) is 0.375. The van der Waals surface area contributed by atoms with Gasteiger partial charge in [0, 0.05) is 24.4 Å². The fourth-order valence-electron chi connectivity index (χ4n) is 2.54. The van der Waals surface area contributed by atoms with E-state index in [1.165, 1.54) is 5.57 Å². The normalized spacial score (nSPS) is 19.6. The summed E-state index contributed by atoms with van der Waals surface area (Å²) in [7, 11) is 0. The zero-order chi connectivity index (χ0) is 13.8. The van der Waals surface area contributed by atoms with Crippen molar-refractivity contribution in [3.63, 3.8) is 0 Å². The number of allylic oxidation sites excluding steroid dienone is 1. The van der Waals surface area contributed by atoms with Gasteiger partial charge < -0.3 is 10.3 Å². The lowest BCUT2D eigenvalue weighted by Crippen LogP contribution is -2.28. The van der Waals surface area contributed by atoms with Crippen molar-refractivity contribution in [2.75, 3.05) is 13.1 Å². The number of hydrogen-bond acceptors (Lipinski definition) is 2. The van der Waals surface area contributed by atoms with Crippen molar-refractivity contribution >= 4 is 11.6 Å². The third-order valence-corrected chi connectivity index (χ3v) is 3.58. The van der Waals surface area contributed by atoms with E-state index in [4.69, 9.17) is 5.41 Å². The maximum atomic E-state index is 12.3. The molecular formula is C16H20N2O. The van der Waals surface area contributed by atoms with E-state index >= 15 is 0 Å². The molecule has 1 fully saturated rings. The lowest BCUT2D eigenvalue weighted by Gasteiger charge is -2.17. The molecule has 0 aromatic heterocycles. The van der Waals surface area contributed by atoms with Gasteiger partial charge in [0.05, 0.1) is 0 Å². The number of carbonyl (C=O) groups is 1. The number of rotatable bonds is 3. The highest BCUT2D eigenvalue weighted by atomic mass is 16.2. The van der Waals surface area contributed by atoms with Crippen LogP contribution in [0.25, 0.3) is 0 Å². The van der Waals surface area contributed by atoms with Gasteiger partial charge in [0.2, 0.25) is 0 Å². The van der Waals surface area contributed by atoms with Crippen molar-refractivity contribution in [3.8, 4) is 0 Å². The second kappa shape index (κ2) is 5.83. The average molecular weight is 256 g/mol. The molecule has 100 valence electrons. The molecule has 0 bridgehead atoms. The largest absolute Gasteiger partial charge is 0.338 e. The van der Waals surface area contributed by atoms with Gasteiger partial charge in [-0.05, 0) is 44.4 Å². The first-order valence-corrected chi connectivity index (χ1v) is 6.65. The van der Waals surface area contributed by atoms with Gasteiger partial charge in [-0.3, -0.25) is 4.79 Å². The van der Waals surface area contributed by atoms with Crippen molar-refractivity contribution in [2.24, 2.45) is 5.92 Å². The molecule has 1 N–H and O–H groups in total. The lowest BCUT2D eigenvalue weighted by molar-refractivity contribution is 0.0789. The zero-order valence-corrected chi connectivity index (χ0v) is 11.5. The van der Waals surface area contributed by atoms with Crippen LogP contribution in [0.5, 0.6) is 0 Å². The zero-order valence-electron chi connectivity index (χ0n) is 11.5. The predicted octanol–water partition coefficient (Wildman–Crippen LogP) is 3.13. The lowest BCUT2D eigenvalue weighted by atomic mass is 9.99. The highest BCUT2D eigenvalue weighted by Gasteiger charge is 2.27. The molecule has 1 atom stereocenters. The van der Waals surface area contributed by atoms with E-state index in [1.807, 2.05) is 41.3 Å². The summed E-state index contributed by atoms with van der Waals surface area (Å²) in [6.45, 7) is 5.41. The molecular weight excluding hydrogens is 236 g/mol. The molecule has 1 aromatic carbocycles. The van der Waals surface area contributed by atoms with E-state index in [9.17, 15) is 4.79 Å². The quantitative estimate of drug-likeness (QED) is 0.830. The smallest absolute Gasteiger partial charge is 0.253 e. The van der Waals surface area contributed by atoms with Crippen LogP contribution in [0.1, 0.15) is 30.6 Å². The Hall–Kier alpha value is -1.90. The number of likely N-dealkylation sites (tertiary alicyclic amines) is 1. The van der Waals surface area contributed by atoms with Gasteiger partial charge in [-0.25, -0.2) is 0 Å². The molecule has 1 unspecified atom stereocenters. The summed E-state index contributed by atoms with van der Waals surface area (Å²) < 4.78 is 0. The van der Waals surface area contributed by atoms with Crippen LogP contribution < -0.4 is 0 Å². The molecule has 2 rings (SSSR count). The first kappa shape index (κ1) is 13.5. The molecule has 3 nitrogen and oxygen atoms in total. The van der Waals surface area contributed by atoms with Crippen molar-refractivity contribution in [1.82, 2.24) is 4.90 Å². The Bertz CT molecular complexity index is 505. The third kappa shape index (κ3) is 3.31.